The number of benzene rings is 1. The highest BCUT2D eigenvalue weighted by atomic mass is 32.2. The number of amides is 1. The van der Waals surface area contributed by atoms with Crippen molar-refractivity contribution in [1.82, 2.24) is 9.29 Å². The summed E-state index contributed by atoms with van der Waals surface area (Å²) in [6, 6.07) is 8.25. The molecule has 2 aromatic heterocycles. The largest absolute Gasteiger partial charge is 0.297 e. The zero-order valence-corrected chi connectivity index (χ0v) is 16.7. The lowest BCUT2D eigenvalue weighted by Crippen LogP contribution is -2.31. The molecule has 140 valence electrons. The van der Waals surface area contributed by atoms with E-state index in [2.05, 4.69) is 23.5 Å². The smallest absolute Gasteiger partial charge is 0.267 e. The van der Waals surface area contributed by atoms with Crippen LogP contribution in [0.1, 0.15) is 9.67 Å². The first-order valence-electron chi connectivity index (χ1n) is 7.93. The topological polar surface area (TPSA) is 79.4 Å². The van der Waals surface area contributed by atoms with Crippen molar-refractivity contribution in [2.75, 3.05) is 18.4 Å². The summed E-state index contributed by atoms with van der Waals surface area (Å²) in [7, 11) is -3.68. The molecule has 0 saturated carbocycles. The van der Waals surface area contributed by atoms with Gasteiger partial charge in [0.2, 0.25) is 10.0 Å². The number of thiophene rings is 1. The maximum atomic E-state index is 12.8. The minimum atomic E-state index is -3.68. The highest BCUT2D eigenvalue weighted by molar-refractivity contribution is 7.89. The average molecular weight is 420 g/mol. The van der Waals surface area contributed by atoms with Gasteiger partial charge in [-0.3, -0.25) is 10.1 Å². The van der Waals surface area contributed by atoms with E-state index >= 15 is 0 Å². The van der Waals surface area contributed by atoms with E-state index in [1.165, 1.54) is 45.2 Å². The van der Waals surface area contributed by atoms with Crippen LogP contribution in [0.2, 0.25) is 0 Å². The van der Waals surface area contributed by atoms with Crippen LogP contribution in [0.5, 0.6) is 0 Å². The number of aromatic nitrogens is 1. The molecule has 2 heterocycles. The predicted molar refractivity (Wildman–Crippen MR) is 111 cm³/mol. The van der Waals surface area contributed by atoms with Gasteiger partial charge in [-0.15, -0.1) is 24.5 Å². The second-order valence-corrected chi connectivity index (χ2v) is 9.40. The van der Waals surface area contributed by atoms with Gasteiger partial charge in [0.15, 0.2) is 5.13 Å². The average Bonchev–Trinajstić information content (AvgIpc) is 3.30. The highest BCUT2D eigenvalue weighted by Crippen LogP contribution is 2.29. The van der Waals surface area contributed by atoms with Gasteiger partial charge in [-0.25, -0.2) is 13.4 Å². The van der Waals surface area contributed by atoms with Gasteiger partial charge in [-0.1, -0.05) is 29.6 Å². The predicted octanol–water partition coefficient (Wildman–Crippen LogP) is 3.97. The molecule has 3 rings (SSSR count). The molecular formula is C18H17N3O3S3. The minimum absolute atomic E-state index is 0.165. The molecule has 0 unspecified atom stereocenters. The van der Waals surface area contributed by atoms with Gasteiger partial charge in [0.1, 0.15) is 0 Å². The Hall–Kier alpha value is -2.33. The first-order chi connectivity index (χ1) is 13.0. The molecule has 0 spiro atoms. The third-order valence-electron chi connectivity index (χ3n) is 3.63. The number of nitrogens with one attached hydrogen (secondary N) is 1. The van der Waals surface area contributed by atoms with Crippen molar-refractivity contribution in [3.63, 3.8) is 0 Å². The molecule has 0 aliphatic carbocycles. The van der Waals surface area contributed by atoms with E-state index in [0.29, 0.717) is 20.2 Å². The molecule has 6 nitrogen and oxygen atoms in total. The number of rotatable bonds is 8. The molecule has 27 heavy (non-hydrogen) atoms. The fraction of sp³-hybridized carbons (Fsp3) is 0.111. The summed E-state index contributed by atoms with van der Waals surface area (Å²) >= 11 is 2.57. The van der Waals surface area contributed by atoms with Gasteiger partial charge in [-0.2, -0.15) is 4.31 Å². The van der Waals surface area contributed by atoms with Crippen molar-refractivity contribution in [3.8, 4) is 0 Å². The number of carbonyl (C=O) groups excluding carboxylic acids is 1. The van der Waals surface area contributed by atoms with Crippen LogP contribution in [-0.2, 0) is 10.0 Å². The van der Waals surface area contributed by atoms with E-state index in [1.807, 2.05) is 5.38 Å². The molecule has 1 aromatic carbocycles. The molecule has 0 saturated heterocycles. The van der Waals surface area contributed by atoms with Crippen LogP contribution < -0.4 is 5.32 Å². The summed E-state index contributed by atoms with van der Waals surface area (Å²) in [5.41, 5.74) is 0.624. The van der Waals surface area contributed by atoms with Crippen LogP contribution in [0.3, 0.4) is 0 Å². The molecule has 9 heteroatoms. The third-order valence-corrected chi connectivity index (χ3v) is 7.26. The lowest BCUT2D eigenvalue weighted by Gasteiger charge is -2.18. The summed E-state index contributed by atoms with van der Waals surface area (Å²) in [6.45, 7) is 7.59. The first-order valence-corrected chi connectivity index (χ1v) is 11.1. The zero-order valence-electron chi connectivity index (χ0n) is 14.3. The fourth-order valence-corrected chi connectivity index (χ4v) is 5.40. The van der Waals surface area contributed by atoms with Crippen molar-refractivity contribution in [2.45, 2.75) is 4.90 Å². The number of fused-ring (bicyclic) bond motifs is 1. The molecule has 1 N–H and O–H groups in total. The van der Waals surface area contributed by atoms with E-state index < -0.39 is 10.0 Å². The molecule has 0 aliphatic rings. The number of nitrogens with zero attached hydrogens (tertiary/aromatic N) is 2. The second kappa shape index (κ2) is 8.13. The van der Waals surface area contributed by atoms with Crippen LogP contribution in [0, 0.1) is 0 Å². The van der Waals surface area contributed by atoms with Crippen LogP contribution in [0.15, 0.2) is 65.9 Å². The van der Waals surface area contributed by atoms with Gasteiger partial charge < -0.3 is 0 Å². The highest BCUT2D eigenvalue weighted by Gasteiger charge is 2.23. The Labute approximate surface area is 165 Å². The summed E-state index contributed by atoms with van der Waals surface area (Å²) < 4.78 is 27.6. The quantitative estimate of drug-likeness (QED) is 0.560. The normalized spacial score (nSPS) is 11.6. The maximum Gasteiger partial charge on any atom is 0.267 e. The standard InChI is InChI=1S/C18H17N3O3S3/c1-3-9-21(10-4-2)27(23,24)13-7-8-14-16(12-13)26-18(19-14)20-17(22)15-6-5-11-25-15/h3-8,11-12H,1-2,9-10H2,(H,19,20,22). The number of sulfonamides is 1. The van der Waals surface area contributed by atoms with Crippen molar-refractivity contribution in [2.24, 2.45) is 0 Å². The zero-order chi connectivity index (χ0) is 19.4. The van der Waals surface area contributed by atoms with Crippen LogP contribution in [-0.4, -0.2) is 36.7 Å². The number of thiazole rings is 1. The van der Waals surface area contributed by atoms with E-state index in [-0.39, 0.29) is 23.9 Å². The number of hydrogen-bond acceptors (Lipinski definition) is 6. The molecule has 3 aromatic rings. The summed E-state index contributed by atoms with van der Waals surface area (Å²) in [5, 5.41) is 4.99. The number of anilines is 1. The van der Waals surface area contributed by atoms with E-state index in [4.69, 9.17) is 0 Å². The minimum Gasteiger partial charge on any atom is -0.297 e. The van der Waals surface area contributed by atoms with E-state index in [1.54, 1.807) is 24.3 Å². The van der Waals surface area contributed by atoms with Crippen LogP contribution >= 0.6 is 22.7 Å². The van der Waals surface area contributed by atoms with Gasteiger partial charge in [-0.05, 0) is 29.6 Å². The Morgan fingerprint density at radius 3 is 2.59 bits per heavy atom. The number of carbonyl (C=O) groups is 1. The molecule has 1 amide bonds. The number of hydrogen-bond donors (Lipinski definition) is 1. The first kappa shape index (κ1) is 19.4. The van der Waals surface area contributed by atoms with E-state index in [9.17, 15) is 13.2 Å². The molecule has 0 aliphatic heterocycles. The molecular weight excluding hydrogens is 402 g/mol. The van der Waals surface area contributed by atoms with Gasteiger partial charge in [0, 0.05) is 13.1 Å². The van der Waals surface area contributed by atoms with Crippen molar-refractivity contribution in [1.29, 1.82) is 0 Å². The van der Waals surface area contributed by atoms with Crippen molar-refractivity contribution < 1.29 is 13.2 Å². The SMILES string of the molecule is C=CCN(CC=C)S(=O)(=O)c1ccc2nc(NC(=O)c3cccs3)sc2c1. The second-order valence-electron chi connectivity index (χ2n) is 5.48. The lowest BCUT2D eigenvalue weighted by atomic mass is 10.3. The Kier molecular flexibility index (Phi) is 5.85. The van der Waals surface area contributed by atoms with Crippen LogP contribution in [0.4, 0.5) is 5.13 Å². The van der Waals surface area contributed by atoms with Gasteiger partial charge in [0.05, 0.1) is 20.0 Å². The third kappa shape index (κ3) is 4.16. The van der Waals surface area contributed by atoms with Gasteiger partial charge in [0.25, 0.3) is 5.91 Å². The fourth-order valence-electron chi connectivity index (χ4n) is 2.39. The Balaban J connectivity index is 1.90. The summed E-state index contributed by atoms with van der Waals surface area (Å²) in [5.74, 6) is -0.236. The van der Waals surface area contributed by atoms with E-state index in [0.717, 1.165) is 0 Å². The van der Waals surface area contributed by atoms with Gasteiger partial charge >= 0.3 is 0 Å². The molecule has 0 atom stereocenters. The monoisotopic (exact) mass is 419 g/mol. The lowest BCUT2D eigenvalue weighted by molar-refractivity contribution is 0.103. The summed E-state index contributed by atoms with van der Waals surface area (Å²) in [4.78, 5) is 17.3. The molecule has 0 fully saturated rings. The Morgan fingerprint density at radius 2 is 1.96 bits per heavy atom. The maximum absolute atomic E-state index is 12.8. The Morgan fingerprint density at radius 1 is 1.22 bits per heavy atom. The van der Waals surface area contributed by atoms with Crippen LogP contribution in [0.25, 0.3) is 10.2 Å². The Bertz CT molecular complexity index is 1080. The molecule has 0 radical (unpaired) electrons. The molecule has 0 bridgehead atoms. The summed E-state index contributed by atoms with van der Waals surface area (Å²) in [6.07, 6.45) is 3.06. The van der Waals surface area contributed by atoms with Crippen molar-refractivity contribution >= 4 is 54.0 Å². The van der Waals surface area contributed by atoms with Crippen molar-refractivity contribution in [3.05, 3.63) is 65.9 Å².